The summed E-state index contributed by atoms with van der Waals surface area (Å²) in [5.74, 6) is -0.103. The van der Waals surface area contributed by atoms with Gasteiger partial charge in [-0.3, -0.25) is 0 Å². The van der Waals surface area contributed by atoms with Gasteiger partial charge in [0.2, 0.25) is 0 Å². The van der Waals surface area contributed by atoms with Gasteiger partial charge in [0.25, 0.3) is 0 Å². The Morgan fingerprint density at radius 2 is 1.74 bits per heavy atom. The van der Waals surface area contributed by atoms with Gasteiger partial charge in [0.15, 0.2) is 0 Å². The van der Waals surface area contributed by atoms with E-state index in [0.29, 0.717) is 21.3 Å². The highest BCUT2D eigenvalue weighted by molar-refractivity contribution is 6.36. The topological polar surface area (TPSA) is 62.7 Å². The van der Waals surface area contributed by atoms with E-state index < -0.39 is 11.7 Å². The third-order valence-electron chi connectivity index (χ3n) is 3.87. The first-order valence-electron chi connectivity index (χ1n) is 7.54. The molecule has 27 heavy (non-hydrogen) atoms. The van der Waals surface area contributed by atoms with Crippen molar-refractivity contribution < 1.29 is 13.2 Å². The van der Waals surface area contributed by atoms with Crippen LogP contribution < -0.4 is 5.73 Å². The van der Waals surface area contributed by atoms with E-state index in [4.69, 9.17) is 28.9 Å². The number of nitrogen functional groups attached to an aromatic ring is 1. The lowest BCUT2D eigenvalue weighted by Crippen LogP contribution is -2.05. The standard InChI is InChI=1S/C19H10Cl2F3N3/c20-12-4-5-13(16(21)7-12)17-8-14(15(9-25)18(26)27-17)10-2-1-3-11(6-10)19(22,23)24/h1-8H,(H2,26,27). The summed E-state index contributed by atoms with van der Waals surface area (Å²) < 4.78 is 39.1. The van der Waals surface area contributed by atoms with Crippen molar-refractivity contribution in [2.75, 3.05) is 5.73 Å². The lowest BCUT2D eigenvalue weighted by Gasteiger charge is -2.13. The fourth-order valence-electron chi connectivity index (χ4n) is 2.61. The number of hydrogen-bond donors (Lipinski definition) is 1. The largest absolute Gasteiger partial charge is 0.416 e. The highest BCUT2D eigenvalue weighted by Crippen LogP contribution is 2.37. The van der Waals surface area contributed by atoms with Crippen molar-refractivity contribution in [1.29, 1.82) is 5.26 Å². The Kier molecular flexibility index (Phi) is 5.01. The summed E-state index contributed by atoms with van der Waals surface area (Å²) in [6.45, 7) is 0. The number of hydrogen-bond acceptors (Lipinski definition) is 3. The van der Waals surface area contributed by atoms with Gasteiger partial charge in [0.05, 0.1) is 16.3 Å². The molecule has 0 aliphatic heterocycles. The fourth-order valence-corrected chi connectivity index (χ4v) is 3.11. The Morgan fingerprint density at radius 1 is 1.00 bits per heavy atom. The molecule has 0 spiro atoms. The summed E-state index contributed by atoms with van der Waals surface area (Å²) in [5.41, 5.74) is 6.29. The molecule has 0 aliphatic rings. The van der Waals surface area contributed by atoms with Gasteiger partial charge in [-0.05, 0) is 42.0 Å². The minimum atomic E-state index is -4.51. The molecule has 0 aliphatic carbocycles. The van der Waals surface area contributed by atoms with Crippen LogP contribution in [0.15, 0.2) is 48.5 Å². The van der Waals surface area contributed by atoms with Crippen LogP contribution in [0.1, 0.15) is 11.1 Å². The molecule has 3 aromatic rings. The molecular formula is C19H10Cl2F3N3. The number of nitrogens with two attached hydrogens (primary N) is 1. The number of pyridine rings is 1. The van der Waals surface area contributed by atoms with Crippen molar-refractivity contribution in [2.45, 2.75) is 6.18 Å². The number of anilines is 1. The number of benzene rings is 2. The highest BCUT2D eigenvalue weighted by Gasteiger charge is 2.30. The molecule has 2 aromatic carbocycles. The molecule has 8 heteroatoms. The monoisotopic (exact) mass is 407 g/mol. The zero-order chi connectivity index (χ0) is 19.8. The van der Waals surface area contributed by atoms with Crippen molar-refractivity contribution in [2.24, 2.45) is 0 Å². The second-order valence-corrected chi connectivity index (χ2v) is 6.47. The number of alkyl halides is 3. The van der Waals surface area contributed by atoms with Crippen LogP contribution in [0.2, 0.25) is 10.0 Å². The summed E-state index contributed by atoms with van der Waals surface area (Å²) in [5, 5.41) is 10.1. The minimum absolute atomic E-state index is 0.0110. The predicted molar refractivity (Wildman–Crippen MR) is 99.3 cm³/mol. The molecule has 1 heterocycles. The first kappa shape index (κ1) is 19.0. The van der Waals surface area contributed by atoms with Crippen molar-refractivity contribution in [3.05, 3.63) is 69.7 Å². The van der Waals surface area contributed by atoms with Gasteiger partial charge in [0, 0.05) is 16.1 Å². The maximum atomic E-state index is 13.0. The Morgan fingerprint density at radius 3 is 2.37 bits per heavy atom. The summed E-state index contributed by atoms with van der Waals surface area (Å²) in [4.78, 5) is 4.17. The molecular weight excluding hydrogens is 398 g/mol. The molecule has 3 rings (SSSR count). The van der Waals surface area contributed by atoms with Crippen molar-refractivity contribution in [1.82, 2.24) is 4.98 Å². The van der Waals surface area contributed by atoms with Crippen LogP contribution >= 0.6 is 23.2 Å². The Balaban J connectivity index is 2.24. The molecule has 136 valence electrons. The number of nitrogens with zero attached hydrogens (tertiary/aromatic N) is 2. The van der Waals surface area contributed by atoms with E-state index >= 15 is 0 Å². The van der Waals surface area contributed by atoms with Gasteiger partial charge in [-0.15, -0.1) is 0 Å². The van der Waals surface area contributed by atoms with E-state index in [1.165, 1.54) is 24.3 Å². The second-order valence-electron chi connectivity index (χ2n) is 5.63. The normalized spacial score (nSPS) is 11.3. The Hall–Kier alpha value is -2.75. The number of aromatic nitrogens is 1. The van der Waals surface area contributed by atoms with E-state index in [2.05, 4.69) is 4.98 Å². The van der Waals surface area contributed by atoms with E-state index in [-0.39, 0.29) is 22.5 Å². The minimum Gasteiger partial charge on any atom is -0.383 e. The first-order chi connectivity index (χ1) is 12.7. The third-order valence-corrected chi connectivity index (χ3v) is 4.42. The van der Waals surface area contributed by atoms with E-state index in [1.807, 2.05) is 6.07 Å². The Bertz CT molecular complexity index is 1070. The van der Waals surface area contributed by atoms with Crippen molar-refractivity contribution in [3.8, 4) is 28.5 Å². The maximum Gasteiger partial charge on any atom is 0.416 e. The summed E-state index contributed by atoms with van der Waals surface area (Å²) in [6.07, 6.45) is -4.51. The summed E-state index contributed by atoms with van der Waals surface area (Å²) in [6, 6.07) is 12.8. The maximum absolute atomic E-state index is 13.0. The van der Waals surface area contributed by atoms with Crippen molar-refractivity contribution in [3.63, 3.8) is 0 Å². The van der Waals surface area contributed by atoms with E-state index in [1.54, 1.807) is 12.1 Å². The number of nitriles is 1. The fraction of sp³-hybridized carbons (Fsp3) is 0.0526. The zero-order valence-corrected chi connectivity index (χ0v) is 15.0. The average Bonchev–Trinajstić information content (AvgIpc) is 2.60. The molecule has 0 saturated carbocycles. The lowest BCUT2D eigenvalue weighted by atomic mass is 9.97. The zero-order valence-electron chi connectivity index (χ0n) is 13.5. The van der Waals surface area contributed by atoms with E-state index in [0.717, 1.165) is 12.1 Å². The summed E-state index contributed by atoms with van der Waals surface area (Å²) >= 11 is 12.1. The molecule has 0 atom stereocenters. The predicted octanol–water partition coefficient (Wildman–Crippen LogP) is 6.20. The molecule has 0 saturated heterocycles. The van der Waals surface area contributed by atoms with Crippen LogP contribution in [-0.4, -0.2) is 4.98 Å². The SMILES string of the molecule is N#Cc1c(-c2cccc(C(F)(F)F)c2)cc(-c2ccc(Cl)cc2Cl)nc1N. The van der Waals surface area contributed by atoms with Crippen molar-refractivity contribution >= 4 is 29.0 Å². The van der Waals surface area contributed by atoms with Crippen LogP contribution in [0.5, 0.6) is 0 Å². The van der Waals surface area contributed by atoms with Gasteiger partial charge in [-0.2, -0.15) is 18.4 Å². The van der Waals surface area contributed by atoms with Crippen LogP contribution in [0.4, 0.5) is 19.0 Å². The molecule has 1 aromatic heterocycles. The van der Waals surface area contributed by atoms with Crippen LogP contribution in [0, 0.1) is 11.3 Å². The quantitative estimate of drug-likeness (QED) is 0.550. The molecule has 0 unspecified atom stereocenters. The van der Waals surface area contributed by atoms with Crippen LogP contribution in [0.3, 0.4) is 0 Å². The van der Waals surface area contributed by atoms with Gasteiger partial charge < -0.3 is 5.73 Å². The highest BCUT2D eigenvalue weighted by atomic mass is 35.5. The molecule has 0 radical (unpaired) electrons. The van der Waals surface area contributed by atoms with Gasteiger partial charge in [-0.25, -0.2) is 4.98 Å². The van der Waals surface area contributed by atoms with Gasteiger partial charge >= 0.3 is 6.18 Å². The molecule has 0 fully saturated rings. The van der Waals surface area contributed by atoms with Crippen LogP contribution in [0.25, 0.3) is 22.4 Å². The first-order valence-corrected chi connectivity index (χ1v) is 8.30. The molecule has 0 bridgehead atoms. The second kappa shape index (κ2) is 7.10. The summed E-state index contributed by atoms with van der Waals surface area (Å²) in [7, 11) is 0. The number of halogens is 5. The van der Waals surface area contributed by atoms with Gasteiger partial charge in [-0.1, -0.05) is 35.3 Å². The molecule has 2 N–H and O–H groups in total. The number of rotatable bonds is 2. The average molecular weight is 408 g/mol. The molecule has 3 nitrogen and oxygen atoms in total. The Labute approximate surface area is 162 Å². The lowest BCUT2D eigenvalue weighted by molar-refractivity contribution is -0.137. The van der Waals surface area contributed by atoms with Crippen LogP contribution in [-0.2, 0) is 6.18 Å². The smallest absolute Gasteiger partial charge is 0.383 e. The third kappa shape index (κ3) is 3.85. The molecule has 0 amide bonds. The van der Waals surface area contributed by atoms with Gasteiger partial charge in [0.1, 0.15) is 17.5 Å². The van der Waals surface area contributed by atoms with E-state index in [9.17, 15) is 18.4 Å².